The van der Waals surface area contributed by atoms with Gasteiger partial charge in [-0.25, -0.2) is 4.79 Å². The highest BCUT2D eigenvalue weighted by Crippen LogP contribution is 2.25. The maximum Gasteiger partial charge on any atom is 0.346 e. The van der Waals surface area contributed by atoms with Crippen molar-refractivity contribution in [2.75, 3.05) is 14.1 Å². The fourth-order valence-electron chi connectivity index (χ4n) is 2.93. The predicted octanol–water partition coefficient (Wildman–Crippen LogP) is 0.449. The van der Waals surface area contributed by atoms with Gasteiger partial charge in [-0.05, 0) is 54.5 Å². The molecule has 0 rings (SSSR count). The summed E-state index contributed by atoms with van der Waals surface area (Å²) in [6.07, 6.45) is 0.432. The van der Waals surface area contributed by atoms with Crippen LogP contribution in [0.1, 0.15) is 61.8 Å². The molecule has 0 aliphatic carbocycles. The van der Waals surface area contributed by atoms with Crippen LogP contribution in [0.15, 0.2) is 0 Å². The van der Waals surface area contributed by atoms with E-state index in [0.29, 0.717) is 6.42 Å². The molecule has 0 saturated heterocycles. The van der Waals surface area contributed by atoms with E-state index in [9.17, 15) is 29.4 Å². The van der Waals surface area contributed by atoms with Crippen LogP contribution in [0, 0.1) is 5.92 Å². The first kappa shape index (κ1) is 28.2. The Morgan fingerprint density at radius 3 is 1.80 bits per heavy atom. The Labute approximate surface area is 179 Å². The number of rotatable bonds is 10. The van der Waals surface area contributed by atoms with E-state index in [2.05, 4.69) is 5.32 Å². The Balaban J connectivity index is 6.06. The zero-order chi connectivity index (χ0) is 24.2. The molecule has 9 nitrogen and oxygen atoms in total. The van der Waals surface area contributed by atoms with Crippen LogP contribution in [0.4, 0.5) is 0 Å². The van der Waals surface area contributed by atoms with Crippen LogP contribution >= 0.6 is 0 Å². The molecule has 0 aliphatic heterocycles. The summed E-state index contributed by atoms with van der Waals surface area (Å²) in [7, 11) is 2.77. The van der Waals surface area contributed by atoms with Gasteiger partial charge in [0, 0.05) is 7.05 Å². The average Bonchev–Trinajstić information content (AvgIpc) is 2.63. The number of hydrogen-bond acceptors (Lipinski definition) is 8. The van der Waals surface area contributed by atoms with Crippen molar-refractivity contribution in [1.29, 1.82) is 0 Å². The minimum absolute atomic E-state index is 0.432. The number of esters is 1. The largest absolute Gasteiger partial charge is 0.457 e. The summed E-state index contributed by atoms with van der Waals surface area (Å²) in [6.45, 7) is 11.8. The number of carbonyl (C=O) groups excluding carboxylic acids is 4. The molecular formula is C21H38N2O7. The summed E-state index contributed by atoms with van der Waals surface area (Å²) in [4.78, 5) is 52.0. The molecule has 0 radical (unpaired) electrons. The van der Waals surface area contributed by atoms with Gasteiger partial charge >= 0.3 is 5.97 Å². The van der Waals surface area contributed by atoms with Gasteiger partial charge < -0.3 is 25.2 Å². The lowest BCUT2D eigenvalue weighted by molar-refractivity contribution is -0.182. The van der Waals surface area contributed by atoms with E-state index in [1.54, 1.807) is 34.6 Å². The molecule has 0 aromatic heterocycles. The lowest BCUT2D eigenvalue weighted by atomic mass is 9.84. The number of hydrogen-bond donors (Lipinski definition) is 3. The van der Waals surface area contributed by atoms with Crippen molar-refractivity contribution in [2.45, 2.75) is 90.7 Å². The number of aliphatic hydroxyl groups is 2. The highest BCUT2D eigenvalue weighted by Gasteiger charge is 2.51. The Morgan fingerprint density at radius 1 is 0.967 bits per heavy atom. The van der Waals surface area contributed by atoms with Crippen LogP contribution in [-0.2, 0) is 23.9 Å². The molecule has 0 aromatic carbocycles. The Morgan fingerprint density at radius 2 is 1.43 bits per heavy atom. The maximum atomic E-state index is 13.2. The molecule has 3 unspecified atom stereocenters. The van der Waals surface area contributed by atoms with Crippen LogP contribution in [-0.4, -0.2) is 81.5 Å². The molecule has 30 heavy (non-hydrogen) atoms. The standard InChI is InChI=1S/C21H38N2O7/c1-11-12(2)14(16(25)21(8,29)18(27)30-19(4,5)6)23(10)17(26)20(7,28)15(24)13(3)22-9/h12-14,22,28-29H,11H2,1-10H3/t12?,13-,14-,20?,21?/m0/s1. The van der Waals surface area contributed by atoms with Crippen LogP contribution < -0.4 is 5.32 Å². The summed E-state index contributed by atoms with van der Waals surface area (Å²) in [6, 6.07) is -2.07. The number of ketones is 2. The van der Waals surface area contributed by atoms with E-state index in [1.165, 1.54) is 21.0 Å². The van der Waals surface area contributed by atoms with Crippen molar-refractivity contribution in [2.24, 2.45) is 5.92 Å². The van der Waals surface area contributed by atoms with Crippen molar-refractivity contribution < 1.29 is 34.1 Å². The first-order valence-corrected chi connectivity index (χ1v) is 10.1. The molecule has 0 heterocycles. The monoisotopic (exact) mass is 430 g/mol. The number of nitrogens with zero attached hydrogens (tertiary/aromatic N) is 1. The molecule has 3 N–H and O–H groups in total. The van der Waals surface area contributed by atoms with Crippen molar-refractivity contribution in [3.8, 4) is 0 Å². The molecule has 0 spiro atoms. The van der Waals surface area contributed by atoms with Gasteiger partial charge in [-0.15, -0.1) is 0 Å². The highest BCUT2D eigenvalue weighted by molar-refractivity contribution is 6.13. The first-order valence-electron chi connectivity index (χ1n) is 10.1. The Bertz CT molecular complexity index is 665. The zero-order valence-electron chi connectivity index (χ0n) is 19.8. The highest BCUT2D eigenvalue weighted by atomic mass is 16.6. The second kappa shape index (κ2) is 9.98. The van der Waals surface area contributed by atoms with Crippen molar-refractivity contribution in [3.63, 3.8) is 0 Å². The van der Waals surface area contributed by atoms with Gasteiger partial charge in [0.15, 0.2) is 11.6 Å². The van der Waals surface area contributed by atoms with Crippen molar-refractivity contribution in [1.82, 2.24) is 10.2 Å². The zero-order valence-corrected chi connectivity index (χ0v) is 19.8. The van der Waals surface area contributed by atoms with Gasteiger partial charge in [0.05, 0.1) is 12.1 Å². The number of nitrogens with one attached hydrogen (secondary N) is 1. The fraction of sp³-hybridized carbons (Fsp3) is 0.810. The minimum atomic E-state index is -2.52. The first-order chi connectivity index (χ1) is 13.4. The normalized spacial score (nSPS) is 18.9. The molecular weight excluding hydrogens is 392 g/mol. The van der Waals surface area contributed by atoms with E-state index in [1.807, 2.05) is 0 Å². The molecule has 0 aromatic rings. The number of carbonyl (C=O) groups is 4. The van der Waals surface area contributed by atoms with E-state index >= 15 is 0 Å². The fourth-order valence-corrected chi connectivity index (χ4v) is 2.93. The second-order valence-corrected chi connectivity index (χ2v) is 9.13. The van der Waals surface area contributed by atoms with Crippen LogP contribution in [0.2, 0.25) is 0 Å². The number of ether oxygens (including phenoxy) is 1. The van der Waals surface area contributed by atoms with Gasteiger partial charge in [0.2, 0.25) is 11.2 Å². The van der Waals surface area contributed by atoms with E-state index in [0.717, 1.165) is 18.7 Å². The molecule has 174 valence electrons. The third-order valence-corrected chi connectivity index (χ3v) is 5.19. The summed E-state index contributed by atoms with van der Waals surface area (Å²) in [5.74, 6) is -4.34. The van der Waals surface area contributed by atoms with Crippen LogP contribution in [0.3, 0.4) is 0 Å². The quantitative estimate of drug-likeness (QED) is 0.336. The third kappa shape index (κ3) is 6.33. The third-order valence-electron chi connectivity index (χ3n) is 5.19. The maximum absolute atomic E-state index is 13.2. The topological polar surface area (TPSA) is 133 Å². The summed E-state index contributed by atoms with van der Waals surface area (Å²) in [5, 5.41) is 24.0. The predicted molar refractivity (Wildman–Crippen MR) is 112 cm³/mol. The molecule has 0 saturated carbocycles. The summed E-state index contributed by atoms with van der Waals surface area (Å²) >= 11 is 0. The number of amides is 1. The molecule has 0 bridgehead atoms. The van der Waals surface area contributed by atoms with Crippen LogP contribution in [0.5, 0.6) is 0 Å². The lowest BCUT2D eigenvalue weighted by Gasteiger charge is -2.38. The second-order valence-electron chi connectivity index (χ2n) is 9.13. The van der Waals surface area contributed by atoms with Crippen molar-refractivity contribution in [3.05, 3.63) is 0 Å². The molecule has 1 amide bonds. The van der Waals surface area contributed by atoms with E-state index < -0.39 is 58.2 Å². The SMILES string of the molecule is CCC(C)[C@@H](C(=O)C(C)(O)C(=O)OC(C)(C)C)N(C)C(=O)C(C)(O)C(=O)[C@H](C)NC. The average molecular weight is 431 g/mol. The van der Waals surface area contributed by atoms with Crippen molar-refractivity contribution >= 4 is 23.4 Å². The molecule has 0 fully saturated rings. The molecule has 0 aliphatic rings. The lowest BCUT2D eigenvalue weighted by Crippen LogP contribution is -2.63. The van der Waals surface area contributed by atoms with Gasteiger partial charge in [0.25, 0.3) is 5.91 Å². The minimum Gasteiger partial charge on any atom is -0.457 e. The Kier molecular flexibility index (Phi) is 9.37. The van der Waals surface area contributed by atoms with Gasteiger partial charge in [-0.1, -0.05) is 20.3 Å². The van der Waals surface area contributed by atoms with Gasteiger partial charge in [0.1, 0.15) is 5.60 Å². The van der Waals surface area contributed by atoms with E-state index in [-0.39, 0.29) is 0 Å². The smallest absolute Gasteiger partial charge is 0.346 e. The number of Topliss-reactive ketones (excluding diaryl/α,β-unsaturated/α-hetero) is 2. The Hall–Kier alpha value is -1.84. The summed E-state index contributed by atoms with van der Waals surface area (Å²) in [5.41, 5.74) is -5.86. The van der Waals surface area contributed by atoms with Crippen LogP contribution in [0.25, 0.3) is 0 Å². The summed E-state index contributed by atoms with van der Waals surface area (Å²) < 4.78 is 5.15. The molecule has 5 atom stereocenters. The molecule has 9 heteroatoms. The number of likely N-dealkylation sites (N-methyl/N-ethyl adjacent to an activating group) is 2. The van der Waals surface area contributed by atoms with Gasteiger partial charge in [-0.2, -0.15) is 0 Å². The van der Waals surface area contributed by atoms with Gasteiger partial charge in [-0.3, -0.25) is 14.4 Å². The van der Waals surface area contributed by atoms with E-state index in [4.69, 9.17) is 4.74 Å².